The van der Waals surface area contributed by atoms with E-state index in [0.29, 0.717) is 11.1 Å². The first-order valence-corrected chi connectivity index (χ1v) is 7.67. The van der Waals surface area contributed by atoms with Gasteiger partial charge in [0.1, 0.15) is 0 Å². The number of nitrogens with zero attached hydrogens (tertiary/aromatic N) is 1. The number of benzene rings is 2. The first-order valence-electron chi connectivity index (χ1n) is 7.26. The molecule has 26 heavy (non-hydrogen) atoms. The third-order valence-corrected chi connectivity index (χ3v) is 3.39. The number of hydrazone groups is 1. The first kappa shape index (κ1) is 19.4. The second-order valence-electron chi connectivity index (χ2n) is 4.98. The maximum Gasteiger partial charge on any atom is 0.418 e. The van der Waals surface area contributed by atoms with Gasteiger partial charge in [-0.3, -0.25) is 5.43 Å². The second kappa shape index (κ2) is 8.43. The number of para-hydroxylation sites is 1. The highest BCUT2D eigenvalue weighted by Gasteiger charge is 2.33. The molecule has 0 spiro atoms. The van der Waals surface area contributed by atoms with E-state index in [1.54, 1.807) is 24.3 Å². The molecule has 0 aliphatic rings. The molecule has 0 atom stereocenters. The Morgan fingerprint density at radius 3 is 2.42 bits per heavy atom. The molecule has 0 heterocycles. The topological polar surface area (TPSA) is 62.7 Å². The largest absolute Gasteiger partial charge is 0.465 e. The third kappa shape index (κ3) is 5.28. The van der Waals surface area contributed by atoms with Crippen LogP contribution in [-0.2, 0) is 10.9 Å². The normalized spacial score (nSPS) is 11.2. The molecule has 0 fully saturated rings. The number of thiocarbonyl (C=S) groups is 1. The molecular weight excluding hydrogens is 367 g/mol. The van der Waals surface area contributed by atoms with Crippen molar-refractivity contribution in [3.63, 3.8) is 0 Å². The van der Waals surface area contributed by atoms with Crippen molar-refractivity contribution in [1.82, 2.24) is 5.43 Å². The zero-order valence-electron chi connectivity index (χ0n) is 13.5. The van der Waals surface area contributed by atoms with Crippen molar-refractivity contribution in [2.75, 3.05) is 12.4 Å². The van der Waals surface area contributed by atoms with Gasteiger partial charge in [-0.1, -0.05) is 24.3 Å². The molecule has 5 nitrogen and oxygen atoms in total. The number of hydrogen-bond donors (Lipinski definition) is 2. The number of rotatable bonds is 4. The summed E-state index contributed by atoms with van der Waals surface area (Å²) >= 11 is 4.94. The number of nitrogens with one attached hydrogen (secondary N) is 2. The summed E-state index contributed by atoms with van der Waals surface area (Å²) in [6.07, 6.45) is -3.09. The average molecular weight is 381 g/mol. The molecule has 0 amide bonds. The number of ether oxygens (including phenoxy) is 1. The number of hydrogen-bond acceptors (Lipinski definition) is 4. The van der Waals surface area contributed by atoms with Gasteiger partial charge in [-0.2, -0.15) is 18.3 Å². The van der Waals surface area contributed by atoms with Crippen LogP contribution in [0.5, 0.6) is 0 Å². The van der Waals surface area contributed by atoms with Gasteiger partial charge in [-0.15, -0.1) is 0 Å². The van der Waals surface area contributed by atoms with Gasteiger partial charge in [0.15, 0.2) is 5.11 Å². The van der Waals surface area contributed by atoms with E-state index in [2.05, 4.69) is 20.6 Å². The van der Waals surface area contributed by atoms with Crippen molar-refractivity contribution in [2.24, 2.45) is 5.10 Å². The number of esters is 1. The standard InChI is InChI=1S/C17H14F3N3O2S/c1-25-15(24)12-8-6-11(7-9-12)10-21-23-16(26)22-14-5-3-2-4-13(14)17(18,19)20/h2-10H,1H3,(H2,22,23,26). The van der Waals surface area contributed by atoms with Crippen LogP contribution < -0.4 is 10.7 Å². The smallest absolute Gasteiger partial charge is 0.418 e. The molecule has 0 aliphatic carbocycles. The van der Waals surface area contributed by atoms with Gasteiger partial charge in [0, 0.05) is 0 Å². The van der Waals surface area contributed by atoms with Crippen LogP contribution in [-0.4, -0.2) is 24.4 Å². The fourth-order valence-corrected chi connectivity index (χ4v) is 2.14. The number of carbonyl (C=O) groups is 1. The summed E-state index contributed by atoms with van der Waals surface area (Å²) in [6, 6.07) is 11.4. The lowest BCUT2D eigenvalue weighted by Crippen LogP contribution is -2.25. The van der Waals surface area contributed by atoms with Gasteiger partial charge < -0.3 is 10.1 Å². The molecule has 2 N–H and O–H groups in total. The molecule has 0 saturated carbocycles. The minimum Gasteiger partial charge on any atom is -0.465 e. The molecule has 9 heteroatoms. The van der Waals surface area contributed by atoms with Gasteiger partial charge in [-0.25, -0.2) is 4.79 Å². The highest BCUT2D eigenvalue weighted by molar-refractivity contribution is 7.80. The summed E-state index contributed by atoms with van der Waals surface area (Å²) in [4.78, 5) is 11.3. The Morgan fingerprint density at radius 2 is 1.81 bits per heavy atom. The van der Waals surface area contributed by atoms with Gasteiger partial charge in [0.05, 0.1) is 30.1 Å². The van der Waals surface area contributed by atoms with E-state index in [1.807, 2.05) is 0 Å². The van der Waals surface area contributed by atoms with Gasteiger partial charge in [0.2, 0.25) is 0 Å². The number of anilines is 1. The van der Waals surface area contributed by atoms with Crippen LogP contribution in [0.2, 0.25) is 0 Å². The van der Waals surface area contributed by atoms with Crippen molar-refractivity contribution in [2.45, 2.75) is 6.18 Å². The molecular formula is C17H14F3N3O2S. The number of alkyl halides is 3. The van der Waals surface area contributed by atoms with Gasteiger partial charge >= 0.3 is 12.1 Å². The van der Waals surface area contributed by atoms with Crippen LogP contribution in [0.25, 0.3) is 0 Å². The first-order chi connectivity index (χ1) is 12.3. The van der Waals surface area contributed by atoms with Crippen LogP contribution in [0.3, 0.4) is 0 Å². The van der Waals surface area contributed by atoms with Crippen LogP contribution in [0.15, 0.2) is 53.6 Å². The summed E-state index contributed by atoms with van der Waals surface area (Å²) in [7, 11) is 1.28. The molecule has 0 unspecified atom stereocenters. The molecule has 2 aromatic carbocycles. The Bertz CT molecular complexity index is 821. The van der Waals surface area contributed by atoms with E-state index in [4.69, 9.17) is 12.2 Å². The molecule has 0 radical (unpaired) electrons. The van der Waals surface area contributed by atoms with Crippen molar-refractivity contribution < 1.29 is 22.7 Å². The second-order valence-corrected chi connectivity index (χ2v) is 5.39. The Kier molecular flexibility index (Phi) is 6.29. The summed E-state index contributed by atoms with van der Waals surface area (Å²) in [5.41, 5.74) is 2.48. The fourth-order valence-electron chi connectivity index (χ4n) is 1.98. The third-order valence-electron chi connectivity index (χ3n) is 3.19. The number of methoxy groups -OCH3 is 1. The van der Waals surface area contributed by atoms with Crippen molar-refractivity contribution in [1.29, 1.82) is 0 Å². The number of carbonyl (C=O) groups excluding carboxylic acids is 1. The Hall–Kier alpha value is -2.94. The zero-order valence-corrected chi connectivity index (χ0v) is 14.3. The van der Waals surface area contributed by atoms with Gasteiger partial charge in [0.25, 0.3) is 0 Å². The van der Waals surface area contributed by atoms with Gasteiger partial charge in [-0.05, 0) is 42.0 Å². The quantitative estimate of drug-likeness (QED) is 0.365. The maximum atomic E-state index is 12.9. The molecule has 2 aromatic rings. The summed E-state index contributed by atoms with van der Waals surface area (Å²) in [6.45, 7) is 0. The summed E-state index contributed by atoms with van der Waals surface area (Å²) in [5, 5.41) is 6.22. The predicted octanol–water partition coefficient (Wildman–Crippen LogP) is 3.81. The van der Waals surface area contributed by atoms with E-state index >= 15 is 0 Å². The van der Waals surface area contributed by atoms with Crippen molar-refractivity contribution >= 4 is 35.2 Å². The molecule has 0 aromatic heterocycles. The lowest BCUT2D eigenvalue weighted by Gasteiger charge is -2.14. The SMILES string of the molecule is COC(=O)c1ccc(C=NNC(=S)Nc2ccccc2C(F)(F)F)cc1. The van der Waals surface area contributed by atoms with Crippen LogP contribution >= 0.6 is 12.2 Å². The highest BCUT2D eigenvalue weighted by atomic mass is 32.1. The van der Waals surface area contributed by atoms with E-state index in [-0.39, 0.29) is 10.8 Å². The van der Waals surface area contributed by atoms with E-state index in [9.17, 15) is 18.0 Å². The van der Waals surface area contributed by atoms with Crippen LogP contribution in [0, 0.1) is 0 Å². The van der Waals surface area contributed by atoms with Crippen molar-refractivity contribution in [3.05, 3.63) is 65.2 Å². The lowest BCUT2D eigenvalue weighted by atomic mass is 10.1. The molecule has 0 saturated heterocycles. The predicted molar refractivity (Wildman–Crippen MR) is 96.2 cm³/mol. The Morgan fingerprint density at radius 1 is 1.15 bits per heavy atom. The summed E-state index contributed by atoms with van der Waals surface area (Å²) < 4.78 is 43.4. The molecule has 0 aliphatic heterocycles. The molecule has 0 bridgehead atoms. The lowest BCUT2D eigenvalue weighted by molar-refractivity contribution is -0.136. The van der Waals surface area contributed by atoms with E-state index in [0.717, 1.165) is 6.07 Å². The van der Waals surface area contributed by atoms with E-state index in [1.165, 1.54) is 31.5 Å². The zero-order chi connectivity index (χ0) is 19.2. The minimum absolute atomic E-state index is 0.0934. The van der Waals surface area contributed by atoms with E-state index < -0.39 is 17.7 Å². The van der Waals surface area contributed by atoms with Crippen molar-refractivity contribution in [3.8, 4) is 0 Å². The molecule has 136 valence electrons. The summed E-state index contributed by atoms with van der Waals surface area (Å²) in [5.74, 6) is -0.458. The Balaban J connectivity index is 1.97. The molecule has 2 rings (SSSR count). The monoisotopic (exact) mass is 381 g/mol. The fraction of sp³-hybridized carbons (Fsp3) is 0.118. The number of halogens is 3. The average Bonchev–Trinajstić information content (AvgIpc) is 2.61. The van der Waals surface area contributed by atoms with Crippen LogP contribution in [0.1, 0.15) is 21.5 Å². The Labute approximate surface area is 152 Å². The highest BCUT2D eigenvalue weighted by Crippen LogP contribution is 2.34. The maximum absolute atomic E-state index is 12.9. The van der Waals surface area contributed by atoms with Crippen LogP contribution in [0.4, 0.5) is 18.9 Å². The minimum atomic E-state index is -4.50.